The van der Waals surface area contributed by atoms with Crippen molar-refractivity contribution < 1.29 is 23.9 Å². The van der Waals surface area contributed by atoms with E-state index in [0.717, 1.165) is 41.5 Å². The third kappa shape index (κ3) is 5.61. The van der Waals surface area contributed by atoms with Gasteiger partial charge in [0.1, 0.15) is 17.5 Å². The maximum Gasteiger partial charge on any atom is 0.270 e. The fourth-order valence-corrected chi connectivity index (χ4v) is 5.64. The highest BCUT2D eigenvalue weighted by atomic mass is 16.5. The van der Waals surface area contributed by atoms with Gasteiger partial charge in [-0.3, -0.25) is 14.4 Å². The Morgan fingerprint density at radius 1 is 1.11 bits per heavy atom. The van der Waals surface area contributed by atoms with Crippen LogP contribution < -0.4 is 15.4 Å². The summed E-state index contributed by atoms with van der Waals surface area (Å²) in [6.45, 7) is 6.48. The van der Waals surface area contributed by atoms with Gasteiger partial charge in [-0.2, -0.15) is 0 Å². The maximum atomic E-state index is 13.7. The molecule has 2 saturated heterocycles. The van der Waals surface area contributed by atoms with Gasteiger partial charge >= 0.3 is 0 Å². The summed E-state index contributed by atoms with van der Waals surface area (Å²) in [7, 11) is 3.55. The highest BCUT2D eigenvalue weighted by Gasteiger charge is 2.43. The molecule has 0 bridgehead atoms. The molecule has 0 unspecified atom stereocenters. The number of amides is 3. The number of carbonyl (C=O) groups excluding carboxylic acids is 3. The maximum absolute atomic E-state index is 13.7. The Balaban J connectivity index is 1.51. The Kier molecular flexibility index (Phi) is 8.42. The van der Waals surface area contributed by atoms with Gasteiger partial charge in [-0.25, -0.2) is 0 Å². The molecular weight excluding hydrogens is 472 g/mol. The summed E-state index contributed by atoms with van der Waals surface area (Å²) in [6, 6.07) is 5.23. The number of ether oxygens (including phenoxy) is 2. The second kappa shape index (κ2) is 11.5. The molecule has 9 heteroatoms. The molecule has 1 atom stereocenters. The number of likely N-dealkylation sites (tertiary alicyclic amines) is 1. The van der Waals surface area contributed by atoms with Crippen molar-refractivity contribution in [1.29, 1.82) is 0 Å². The Bertz CT molecular complexity index is 1150. The van der Waals surface area contributed by atoms with E-state index >= 15 is 0 Å². The van der Waals surface area contributed by atoms with E-state index in [1.54, 1.807) is 14.0 Å². The molecule has 2 aliphatic rings. The number of nitrogens with one attached hydrogen (secondary N) is 2. The fourth-order valence-electron chi connectivity index (χ4n) is 5.64. The van der Waals surface area contributed by atoms with E-state index in [9.17, 15) is 14.4 Å². The minimum absolute atomic E-state index is 0.0209. The molecule has 2 aromatic rings. The van der Waals surface area contributed by atoms with Gasteiger partial charge < -0.3 is 29.6 Å². The lowest BCUT2D eigenvalue weighted by Crippen LogP contribution is -2.54. The molecule has 2 N–H and O–H groups in total. The van der Waals surface area contributed by atoms with Crippen LogP contribution in [0.5, 0.6) is 5.75 Å². The molecule has 1 aromatic heterocycles. The quantitative estimate of drug-likeness (QED) is 0.644. The van der Waals surface area contributed by atoms with Crippen LogP contribution in [0.15, 0.2) is 18.2 Å². The first-order valence-corrected chi connectivity index (χ1v) is 13.4. The molecule has 4 rings (SSSR count). The van der Waals surface area contributed by atoms with E-state index in [-0.39, 0.29) is 17.7 Å². The molecule has 202 valence electrons. The number of rotatable bonds is 2. The molecule has 9 nitrogen and oxygen atoms in total. The molecule has 3 heterocycles. The first-order valence-electron chi connectivity index (χ1n) is 13.4. The van der Waals surface area contributed by atoms with Gasteiger partial charge in [0.05, 0.1) is 12.5 Å². The third-order valence-corrected chi connectivity index (χ3v) is 8.05. The summed E-state index contributed by atoms with van der Waals surface area (Å²) in [5.74, 6) is 0.463. The zero-order valence-corrected chi connectivity index (χ0v) is 22.5. The summed E-state index contributed by atoms with van der Waals surface area (Å²) in [5.41, 5.74) is 1.97. The molecule has 2 aliphatic heterocycles. The van der Waals surface area contributed by atoms with Crippen LogP contribution >= 0.6 is 0 Å². The van der Waals surface area contributed by atoms with E-state index in [4.69, 9.17) is 9.47 Å². The number of benzene rings is 1. The van der Waals surface area contributed by atoms with E-state index < -0.39 is 11.5 Å². The predicted octanol–water partition coefficient (Wildman–Crippen LogP) is 2.93. The van der Waals surface area contributed by atoms with Crippen molar-refractivity contribution >= 4 is 28.6 Å². The number of carbonyl (C=O) groups is 3. The Hall–Kier alpha value is -3.07. The van der Waals surface area contributed by atoms with Gasteiger partial charge in [-0.15, -0.1) is 0 Å². The van der Waals surface area contributed by atoms with Crippen molar-refractivity contribution in [2.75, 3.05) is 40.0 Å². The van der Waals surface area contributed by atoms with Crippen LogP contribution in [-0.4, -0.2) is 73.2 Å². The number of hydrogen-bond donors (Lipinski definition) is 2. The molecule has 37 heavy (non-hydrogen) atoms. The fraction of sp³-hybridized carbons (Fsp3) is 0.607. The lowest BCUT2D eigenvalue weighted by Gasteiger charge is -2.41. The SMILES string of the molecule is COc1ccc2c(c1)c(C)c(C(=O)N1CCC3(CCCCOCCCNC(=O)[C@H](C)NC3=O)CC1)n2C. The lowest BCUT2D eigenvalue weighted by molar-refractivity contribution is -0.137. The Morgan fingerprint density at radius 3 is 2.57 bits per heavy atom. The van der Waals surface area contributed by atoms with E-state index in [1.807, 2.05) is 41.6 Å². The summed E-state index contributed by atoms with van der Waals surface area (Å²) in [6.07, 6.45) is 4.35. The van der Waals surface area contributed by atoms with Crippen molar-refractivity contribution in [1.82, 2.24) is 20.1 Å². The van der Waals surface area contributed by atoms with Crippen molar-refractivity contribution in [3.05, 3.63) is 29.5 Å². The highest BCUT2D eigenvalue weighted by Crippen LogP contribution is 2.38. The molecule has 0 saturated carbocycles. The van der Waals surface area contributed by atoms with E-state index in [1.165, 1.54) is 0 Å². The van der Waals surface area contributed by atoms with Crippen LogP contribution in [0.2, 0.25) is 0 Å². The molecule has 2 fully saturated rings. The first kappa shape index (κ1) is 27.0. The molecule has 0 aliphatic carbocycles. The third-order valence-electron chi connectivity index (χ3n) is 8.05. The predicted molar refractivity (Wildman–Crippen MR) is 142 cm³/mol. The average Bonchev–Trinajstić information content (AvgIpc) is 3.15. The highest BCUT2D eigenvalue weighted by molar-refractivity contribution is 6.02. The molecule has 1 spiro atoms. The zero-order chi connectivity index (χ0) is 26.6. The first-order chi connectivity index (χ1) is 17.8. The second-order valence-electron chi connectivity index (χ2n) is 10.4. The summed E-state index contributed by atoms with van der Waals surface area (Å²) >= 11 is 0. The lowest BCUT2D eigenvalue weighted by atomic mass is 9.73. The summed E-state index contributed by atoms with van der Waals surface area (Å²) in [5, 5.41) is 6.83. The molecule has 1 aromatic carbocycles. The van der Waals surface area contributed by atoms with Crippen LogP contribution in [0, 0.1) is 12.3 Å². The number of nitrogens with zero attached hydrogens (tertiary/aromatic N) is 2. The van der Waals surface area contributed by atoms with Gasteiger partial charge in [0, 0.05) is 50.8 Å². The largest absolute Gasteiger partial charge is 0.497 e. The molecule has 0 radical (unpaired) electrons. The van der Waals surface area contributed by atoms with Crippen molar-refractivity contribution in [2.24, 2.45) is 12.5 Å². The van der Waals surface area contributed by atoms with Gasteiger partial charge in [-0.05, 0) is 69.7 Å². The smallest absolute Gasteiger partial charge is 0.270 e. The van der Waals surface area contributed by atoms with Crippen LogP contribution in [0.3, 0.4) is 0 Å². The van der Waals surface area contributed by atoms with Crippen molar-refractivity contribution in [3.8, 4) is 5.75 Å². The molecular formula is C28H40N4O5. The number of aryl methyl sites for hydroxylation is 2. The van der Waals surface area contributed by atoms with Crippen LogP contribution in [-0.2, 0) is 21.4 Å². The summed E-state index contributed by atoms with van der Waals surface area (Å²) < 4.78 is 13.0. The van der Waals surface area contributed by atoms with E-state index in [2.05, 4.69) is 10.6 Å². The van der Waals surface area contributed by atoms with Crippen molar-refractivity contribution in [3.63, 3.8) is 0 Å². The van der Waals surface area contributed by atoms with Crippen molar-refractivity contribution in [2.45, 2.75) is 58.4 Å². The van der Waals surface area contributed by atoms with Gasteiger partial charge in [0.15, 0.2) is 0 Å². The molecule has 3 amide bonds. The minimum Gasteiger partial charge on any atom is -0.497 e. The standard InChI is InChI=1S/C28H40N4O5/c1-19-22-18-21(36-4)8-9-23(22)31(3)24(19)26(34)32-14-11-28(12-15-32)10-5-6-16-37-17-7-13-29-25(33)20(2)30-27(28)35/h8-9,18,20H,5-7,10-17H2,1-4H3,(H,29,33)(H,30,35)/t20-/m0/s1. The number of piperidine rings is 1. The average molecular weight is 513 g/mol. The monoisotopic (exact) mass is 512 g/mol. The van der Waals surface area contributed by atoms with Crippen LogP contribution in [0.1, 0.15) is 61.5 Å². The van der Waals surface area contributed by atoms with Gasteiger partial charge in [-0.1, -0.05) is 6.42 Å². The Labute approximate surface area is 218 Å². The topological polar surface area (TPSA) is 102 Å². The minimum atomic E-state index is -0.608. The number of aromatic nitrogens is 1. The zero-order valence-electron chi connectivity index (χ0n) is 22.5. The van der Waals surface area contributed by atoms with Crippen LogP contribution in [0.25, 0.3) is 10.9 Å². The Morgan fingerprint density at radius 2 is 1.84 bits per heavy atom. The van der Waals surface area contributed by atoms with Gasteiger partial charge in [0.25, 0.3) is 5.91 Å². The number of methoxy groups -OCH3 is 1. The normalized spacial score (nSPS) is 21.8. The second-order valence-corrected chi connectivity index (χ2v) is 10.4. The van der Waals surface area contributed by atoms with Crippen LogP contribution in [0.4, 0.5) is 0 Å². The summed E-state index contributed by atoms with van der Waals surface area (Å²) in [4.78, 5) is 41.5. The number of fused-ring (bicyclic) bond motifs is 1. The number of hydrogen-bond acceptors (Lipinski definition) is 5. The van der Waals surface area contributed by atoms with E-state index in [0.29, 0.717) is 57.8 Å². The van der Waals surface area contributed by atoms with Gasteiger partial charge in [0.2, 0.25) is 11.8 Å².